The maximum absolute atomic E-state index is 12.5. The SMILES string of the molecule is CN(C)C(=O)[C@@]1(c2ccccn2)CCCNC1. The molecule has 1 atom stereocenters. The molecule has 0 spiro atoms. The molecule has 1 N–H and O–H groups in total. The first-order valence-electron chi connectivity index (χ1n) is 6.01. The largest absolute Gasteiger partial charge is 0.348 e. The van der Waals surface area contributed by atoms with Crippen molar-refractivity contribution in [2.75, 3.05) is 27.2 Å². The molecule has 2 rings (SSSR count). The molecule has 2 heterocycles. The average Bonchev–Trinajstić information content (AvgIpc) is 2.39. The summed E-state index contributed by atoms with van der Waals surface area (Å²) in [6.45, 7) is 1.66. The minimum absolute atomic E-state index is 0.142. The van der Waals surface area contributed by atoms with Crippen LogP contribution in [-0.2, 0) is 10.2 Å². The predicted octanol–water partition coefficient (Wildman–Crippen LogP) is 0.791. The Labute approximate surface area is 102 Å². The first kappa shape index (κ1) is 12.0. The van der Waals surface area contributed by atoms with Gasteiger partial charge in [-0.15, -0.1) is 0 Å². The normalized spacial score (nSPS) is 24.4. The summed E-state index contributed by atoms with van der Waals surface area (Å²) >= 11 is 0. The fourth-order valence-corrected chi connectivity index (χ4v) is 2.49. The topological polar surface area (TPSA) is 45.2 Å². The smallest absolute Gasteiger partial charge is 0.235 e. The summed E-state index contributed by atoms with van der Waals surface area (Å²) in [4.78, 5) is 18.5. The second kappa shape index (κ2) is 4.84. The van der Waals surface area contributed by atoms with Crippen molar-refractivity contribution in [3.8, 4) is 0 Å². The number of hydrogen-bond donors (Lipinski definition) is 1. The van der Waals surface area contributed by atoms with Crippen LogP contribution in [0.1, 0.15) is 18.5 Å². The van der Waals surface area contributed by atoms with Crippen LogP contribution in [0, 0.1) is 0 Å². The third kappa shape index (κ3) is 2.17. The van der Waals surface area contributed by atoms with Crippen molar-refractivity contribution < 1.29 is 4.79 Å². The molecule has 0 radical (unpaired) electrons. The van der Waals surface area contributed by atoms with Crippen LogP contribution >= 0.6 is 0 Å². The number of aromatic nitrogens is 1. The third-order valence-corrected chi connectivity index (χ3v) is 3.35. The van der Waals surface area contributed by atoms with Crippen molar-refractivity contribution in [2.45, 2.75) is 18.3 Å². The molecule has 0 aromatic carbocycles. The lowest BCUT2D eigenvalue weighted by Crippen LogP contribution is -2.53. The highest BCUT2D eigenvalue weighted by atomic mass is 16.2. The number of hydrogen-bond acceptors (Lipinski definition) is 3. The molecule has 1 aromatic rings. The molecule has 1 aromatic heterocycles. The van der Waals surface area contributed by atoms with Crippen molar-refractivity contribution >= 4 is 5.91 Å². The van der Waals surface area contributed by atoms with Gasteiger partial charge in [-0.05, 0) is 31.5 Å². The van der Waals surface area contributed by atoms with Gasteiger partial charge in [-0.3, -0.25) is 9.78 Å². The van der Waals surface area contributed by atoms with E-state index in [1.807, 2.05) is 32.3 Å². The zero-order valence-electron chi connectivity index (χ0n) is 10.4. The molecule has 92 valence electrons. The molecular weight excluding hydrogens is 214 g/mol. The zero-order valence-corrected chi connectivity index (χ0v) is 10.4. The number of likely N-dealkylation sites (N-methyl/N-ethyl adjacent to an activating group) is 1. The monoisotopic (exact) mass is 233 g/mol. The molecule has 1 fully saturated rings. The zero-order chi connectivity index (χ0) is 12.3. The lowest BCUT2D eigenvalue weighted by atomic mass is 9.76. The minimum atomic E-state index is -0.483. The van der Waals surface area contributed by atoms with Gasteiger partial charge in [0.25, 0.3) is 0 Å². The number of nitrogens with one attached hydrogen (secondary N) is 1. The van der Waals surface area contributed by atoms with Gasteiger partial charge < -0.3 is 10.2 Å². The fraction of sp³-hybridized carbons (Fsp3) is 0.538. The quantitative estimate of drug-likeness (QED) is 0.821. The van der Waals surface area contributed by atoms with Crippen LogP contribution in [0.5, 0.6) is 0 Å². The Bertz CT molecular complexity index is 383. The lowest BCUT2D eigenvalue weighted by molar-refractivity contribution is -0.135. The Morgan fingerprint density at radius 1 is 1.47 bits per heavy atom. The van der Waals surface area contributed by atoms with Crippen LogP contribution in [0.3, 0.4) is 0 Å². The van der Waals surface area contributed by atoms with Gasteiger partial charge in [-0.1, -0.05) is 6.07 Å². The maximum atomic E-state index is 12.5. The molecular formula is C13H19N3O. The Morgan fingerprint density at radius 3 is 2.82 bits per heavy atom. The number of amides is 1. The highest BCUT2D eigenvalue weighted by Crippen LogP contribution is 2.31. The molecule has 1 aliphatic rings. The summed E-state index contributed by atoms with van der Waals surface area (Å²) in [5.41, 5.74) is 0.397. The highest BCUT2D eigenvalue weighted by Gasteiger charge is 2.43. The Kier molecular flexibility index (Phi) is 3.43. The van der Waals surface area contributed by atoms with Crippen molar-refractivity contribution in [3.63, 3.8) is 0 Å². The summed E-state index contributed by atoms with van der Waals surface area (Å²) in [7, 11) is 3.61. The molecule has 4 heteroatoms. The van der Waals surface area contributed by atoms with Crippen LogP contribution in [0.2, 0.25) is 0 Å². The minimum Gasteiger partial charge on any atom is -0.348 e. The van der Waals surface area contributed by atoms with E-state index in [1.54, 1.807) is 11.1 Å². The highest BCUT2D eigenvalue weighted by molar-refractivity contribution is 5.87. The molecule has 0 saturated carbocycles. The summed E-state index contributed by atoms with van der Waals surface area (Å²) < 4.78 is 0. The van der Waals surface area contributed by atoms with Crippen molar-refractivity contribution in [1.29, 1.82) is 0 Å². The van der Waals surface area contributed by atoms with Crippen LogP contribution in [0.4, 0.5) is 0 Å². The van der Waals surface area contributed by atoms with E-state index in [0.29, 0.717) is 6.54 Å². The molecule has 0 bridgehead atoms. The van der Waals surface area contributed by atoms with Crippen LogP contribution in [0.25, 0.3) is 0 Å². The van der Waals surface area contributed by atoms with E-state index in [4.69, 9.17) is 0 Å². The van der Waals surface area contributed by atoms with Gasteiger partial charge in [0.05, 0.1) is 5.69 Å². The summed E-state index contributed by atoms with van der Waals surface area (Å²) in [6, 6.07) is 5.78. The first-order valence-corrected chi connectivity index (χ1v) is 6.01. The number of carbonyl (C=O) groups is 1. The van der Waals surface area contributed by atoms with Crippen LogP contribution < -0.4 is 5.32 Å². The molecule has 17 heavy (non-hydrogen) atoms. The van der Waals surface area contributed by atoms with E-state index >= 15 is 0 Å². The maximum Gasteiger partial charge on any atom is 0.235 e. The van der Waals surface area contributed by atoms with Crippen LogP contribution in [0.15, 0.2) is 24.4 Å². The van der Waals surface area contributed by atoms with E-state index in [9.17, 15) is 4.79 Å². The van der Waals surface area contributed by atoms with Gasteiger partial charge in [0.15, 0.2) is 0 Å². The van der Waals surface area contributed by atoms with Crippen molar-refractivity contribution in [3.05, 3.63) is 30.1 Å². The van der Waals surface area contributed by atoms with Gasteiger partial charge in [-0.25, -0.2) is 0 Å². The third-order valence-electron chi connectivity index (χ3n) is 3.35. The number of piperidine rings is 1. The van der Waals surface area contributed by atoms with Crippen molar-refractivity contribution in [1.82, 2.24) is 15.2 Å². The molecule has 4 nitrogen and oxygen atoms in total. The van der Waals surface area contributed by atoms with E-state index in [2.05, 4.69) is 10.3 Å². The summed E-state index contributed by atoms with van der Waals surface area (Å²) in [6.07, 6.45) is 3.64. The van der Waals surface area contributed by atoms with Crippen LogP contribution in [-0.4, -0.2) is 43.0 Å². The second-order valence-corrected chi connectivity index (χ2v) is 4.78. The van der Waals surface area contributed by atoms with Gasteiger partial charge in [0, 0.05) is 26.8 Å². The average molecular weight is 233 g/mol. The standard InChI is InChI=1S/C13H19N3O/c1-16(2)12(17)13(7-5-8-14-10-13)11-6-3-4-9-15-11/h3-4,6,9,14H,5,7-8,10H2,1-2H3/t13-/m0/s1. The van der Waals surface area contributed by atoms with E-state index < -0.39 is 5.41 Å². The van der Waals surface area contributed by atoms with E-state index in [0.717, 1.165) is 25.1 Å². The first-order chi connectivity index (χ1) is 8.17. The molecule has 1 saturated heterocycles. The van der Waals surface area contributed by atoms with Crippen molar-refractivity contribution in [2.24, 2.45) is 0 Å². The van der Waals surface area contributed by atoms with Gasteiger partial charge >= 0.3 is 0 Å². The predicted molar refractivity (Wildman–Crippen MR) is 66.7 cm³/mol. The Balaban J connectivity index is 2.40. The number of nitrogens with zero attached hydrogens (tertiary/aromatic N) is 2. The Hall–Kier alpha value is -1.42. The molecule has 0 aliphatic carbocycles. The van der Waals surface area contributed by atoms with E-state index in [1.165, 1.54) is 0 Å². The summed E-state index contributed by atoms with van der Waals surface area (Å²) in [5, 5.41) is 3.32. The lowest BCUT2D eigenvalue weighted by Gasteiger charge is -2.37. The molecule has 0 unspecified atom stereocenters. The number of pyridine rings is 1. The number of rotatable bonds is 2. The molecule has 1 aliphatic heterocycles. The van der Waals surface area contributed by atoms with Gasteiger partial charge in [0.1, 0.15) is 5.41 Å². The second-order valence-electron chi connectivity index (χ2n) is 4.78. The summed E-state index contributed by atoms with van der Waals surface area (Å²) in [5.74, 6) is 0.142. The van der Waals surface area contributed by atoms with E-state index in [-0.39, 0.29) is 5.91 Å². The van der Waals surface area contributed by atoms with Gasteiger partial charge in [0.2, 0.25) is 5.91 Å². The Morgan fingerprint density at radius 2 is 2.29 bits per heavy atom. The fourth-order valence-electron chi connectivity index (χ4n) is 2.49. The number of carbonyl (C=O) groups excluding carboxylic acids is 1. The molecule has 1 amide bonds. The van der Waals surface area contributed by atoms with Gasteiger partial charge in [-0.2, -0.15) is 0 Å².